The molecule has 0 fully saturated rings. The minimum atomic E-state index is 0.732. The van der Waals surface area contributed by atoms with Gasteiger partial charge in [-0.3, -0.25) is 0 Å². The van der Waals surface area contributed by atoms with Crippen LogP contribution in [0.3, 0.4) is 0 Å². The second kappa shape index (κ2) is 7.03. The lowest BCUT2D eigenvalue weighted by Gasteiger charge is -2.11. The molecule has 0 radical (unpaired) electrons. The Kier molecular flexibility index (Phi) is 5.10. The number of aryl methyl sites for hydroxylation is 2. The zero-order valence-electron chi connectivity index (χ0n) is 13.7. The van der Waals surface area contributed by atoms with Crippen LogP contribution in [0.4, 0.5) is 0 Å². The van der Waals surface area contributed by atoms with E-state index in [0.717, 1.165) is 34.9 Å². The van der Waals surface area contributed by atoms with Crippen LogP contribution >= 0.6 is 0 Å². The standard InChI is InChI=1S/C19H23N3/c1-5-6-16-7-9-17(10-8-16)12-18(15(4)20)19-21-13(2)11-14(3)22-19/h5-11H,12,20H2,1-4H3/b6-5+,18-15-. The van der Waals surface area contributed by atoms with E-state index < -0.39 is 0 Å². The monoisotopic (exact) mass is 293 g/mol. The molecule has 0 atom stereocenters. The summed E-state index contributed by atoms with van der Waals surface area (Å²) in [6, 6.07) is 10.4. The number of aromatic nitrogens is 2. The Bertz CT molecular complexity index is 686. The minimum Gasteiger partial charge on any atom is -0.402 e. The summed E-state index contributed by atoms with van der Waals surface area (Å²) in [7, 11) is 0. The van der Waals surface area contributed by atoms with Crippen molar-refractivity contribution in [2.75, 3.05) is 0 Å². The maximum absolute atomic E-state index is 6.08. The van der Waals surface area contributed by atoms with Gasteiger partial charge in [-0.15, -0.1) is 0 Å². The van der Waals surface area contributed by atoms with Gasteiger partial charge in [0.25, 0.3) is 0 Å². The summed E-state index contributed by atoms with van der Waals surface area (Å²) in [6.07, 6.45) is 4.86. The van der Waals surface area contributed by atoms with Crippen LogP contribution in [-0.4, -0.2) is 9.97 Å². The summed E-state index contributed by atoms with van der Waals surface area (Å²) in [6.45, 7) is 7.88. The van der Waals surface area contributed by atoms with Gasteiger partial charge in [0.2, 0.25) is 0 Å². The highest BCUT2D eigenvalue weighted by molar-refractivity contribution is 5.65. The highest BCUT2D eigenvalue weighted by Gasteiger charge is 2.10. The van der Waals surface area contributed by atoms with E-state index in [0.29, 0.717) is 0 Å². The summed E-state index contributed by atoms with van der Waals surface area (Å²) >= 11 is 0. The van der Waals surface area contributed by atoms with Crippen molar-refractivity contribution in [1.29, 1.82) is 0 Å². The van der Waals surface area contributed by atoms with Crippen LogP contribution in [0.15, 0.2) is 42.1 Å². The number of benzene rings is 1. The summed E-state index contributed by atoms with van der Waals surface area (Å²) < 4.78 is 0. The fourth-order valence-corrected chi connectivity index (χ4v) is 2.40. The lowest BCUT2D eigenvalue weighted by molar-refractivity contribution is 0.996. The molecule has 0 aliphatic heterocycles. The van der Waals surface area contributed by atoms with Gasteiger partial charge >= 0.3 is 0 Å². The fourth-order valence-electron chi connectivity index (χ4n) is 2.40. The number of hydrogen-bond donors (Lipinski definition) is 1. The van der Waals surface area contributed by atoms with Gasteiger partial charge in [-0.1, -0.05) is 36.4 Å². The SMILES string of the molecule is C/C=C/c1ccc(C/C(=C(\C)N)c2nc(C)cc(C)n2)cc1. The van der Waals surface area contributed by atoms with E-state index in [2.05, 4.69) is 40.3 Å². The van der Waals surface area contributed by atoms with Crippen molar-refractivity contribution in [2.45, 2.75) is 34.1 Å². The molecule has 1 aromatic heterocycles. The third kappa shape index (κ3) is 4.04. The predicted molar refractivity (Wildman–Crippen MR) is 93.1 cm³/mol. The Balaban J connectivity index is 2.32. The number of nitrogens with two attached hydrogens (primary N) is 1. The van der Waals surface area contributed by atoms with E-state index in [1.807, 2.05) is 39.8 Å². The zero-order chi connectivity index (χ0) is 16.1. The maximum atomic E-state index is 6.08. The fraction of sp³-hybridized carbons (Fsp3) is 0.263. The first-order valence-electron chi connectivity index (χ1n) is 7.49. The first-order valence-corrected chi connectivity index (χ1v) is 7.49. The predicted octanol–water partition coefficient (Wildman–Crippen LogP) is 4.06. The minimum absolute atomic E-state index is 0.732. The summed E-state index contributed by atoms with van der Waals surface area (Å²) in [5.74, 6) is 0.732. The lowest BCUT2D eigenvalue weighted by Crippen LogP contribution is -2.06. The van der Waals surface area contributed by atoms with E-state index in [1.165, 1.54) is 11.1 Å². The first kappa shape index (κ1) is 16.0. The van der Waals surface area contributed by atoms with Crippen molar-refractivity contribution in [2.24, 2.45) is 5.73 Å². The molecule has 3 nitrogen and oxygen atoms in total. The molecular weight excluding hydrogens is 270 g/mol. The summed E-state index contributed by atoms with van der Waals surface area (Å²) in [4.78, 5) is 9.08. The van der Waals surface area contributed by atoms with Gasteiger partial charge < -0.3 is 5.73 Å². The van der Waals surface area contributed by atoms with Crippen LogP contribution < -0.4 is 5.73 Å². The molecule has 0 spiro atoms. The molecule has 3 heteroatoms. The topological polar surface area (TPSA) is 51.8 Å². The number of rotatable bonds is 4. The molecule has 0 aliphatic rings. The molecule has 22 heavy (non-hydrogen) atoms. The van der Waals surface area contributed by atoms with E-state index >= 15 is 0 Å². The van der Waals surface area contributed by atoms with Crippen molar-refractivity contribution in [3.8, 4) is 0 Å². The van der Waals surface area contributed by atoms with Gasteiger partial charge in [-0.05, 0) is 44.9 Å². The summed E-state index contributed by atoms with van der Waals surface area (Å²) in [5, 5.41) is 0. The van der Waals surface area contributed by atoms with Crippen LogP contribution in [0.1, 0.15) is 42.2 Å². The molecule has 0 amide bonds. The molecule has 0 bridgehead atoms. The van der Waals surface area contributed by atoms with E-state index in [-0.39, 0.29) is 0 Å². The highest BCUT2D eigenvalue weighted by atomic mass is 14.9. The van der Waals surface area contributed by atoms with Gasteiger partial charge in [-0.25, -0.2) is 9.97 Å². The Labute approximate surface area is 132 Å². The number of nitrogens with zero attached hydrogens (tertiary/aromatic N) is 2. The van der Waals surface area contributed by atoms with Crippen molar-refractivity contribution in [3.05, 3.63) is 70.4 Å². The van der Waals surface area contributed by atoms with E-state index in [9.17, 15) is 0 Å². The number of allylic oxidation sites excluding steroid dienone is 3. The first-order chi connectivity index (χ1) is 10.5. The molecule has 0 saturated carbocycles. The number of hydrogen-bond acceptors (Lipinski definition) is 3. The van der Waals surface area contributed by atoms with Crippen LogP contribution in [0.5, 0.6) is 0 Å². The summed E-state index contributed by atoms with van der Waals surface area (Å²) in [5.41, 5.74) is 12.2. The Hall–Kier alpha value is -2.42. The van der Waals surface area contributed by atoms with Gasteiger partial charge in [0.05, 0.1) is 0 Å². The normalized spacial score (nSPS) is 12.5. The average Bonchev–Trinajstić information content (AvgIpc) is 2.45. The van der Waals surface area contributed by atoms with E-state index in [1.54, 1.807) is 0 Å². The molecule has 114 valence electrons. The molecule has 1 aromatic carbocycles. The molecule has 1 heterocycles. The van der Waals surface area contributed by atoms with Gasteiger partial charge in [0.15, 0.2) is 5.82 Å². The highest BCUT2D eigenvalue weighted by Crippen LogP contribution is 2.20. The largest absolute Gasteiger partial charge is 0.402 e. The maximum Gasteiger partial charge on any atom is 0.157 e. The third-order valence-corrected chi connectivity index (χ3v) is 3.45. The van der Waals surface area contributed by atoms with Gasteiger partial charge in [0, 0.05) is 29.1 Å². The Morgan fingerprint density at radius 2 is 1.68 bits per heavy atom. The molecular formula is C19H23N3. The molecule has 2 N–H and O–H groups in total. The quantitative estimate of drug-likeness (QED) is 0.925. The zero-order valence-corrected chi connectivity index (χ0v) is 13.7. The molecule has 0 aliphatic carbocycles. The smallest absolute Gasteiger partial charge is 0.157 e. The average molecular weight is 293 g/mol. The van der Waals surface area contributed by atoms with Crippen molar-refractivity contribution >= 4 is 11.6 Å². The molecule has 0 unspecified atom stereocenters. The Morgan fingerprint density at radius 1 is 1.09 bits per heavy atom. The second-order valence-corrected chi connectivity index (χ2v) is 5.55. The molecule has 0 saturated heterocycles. The van der Waals surface area contributed by atoms with Crippen molar-refractivity contribution in [1.82, 2.24) is 9.97 Å². The van der Waals surface area contributed by atoms with Crippen LogP contribution in [0, 0.1) is 13.8 Å². The van der Waals surface area contributed by atoms with Crippen molar-refractivity contribution < 1.29 is 0 Å². The second-order valence-electron chi connectivity index (χ2n) is 5.55. The van der Waals surface area contributed by atoms with Crippen LogP contribution in [0.25, 0.3) is 11.6 Å². The molecule has 2 rings (SSSR count). The van der Waals surface area contributed by atoms with Crippen molar-refractivity contribution in [3.63, 3.8) is 0 Å². The van der Waals surface area contributed by atoms with Gasteiger partial charge in [0.1, 0.15) is 0 Å². The lowest BCUT2D eigenvalue weighted by atomic mass is 10.0. The third-order valence-electron chi connectivity index (χ3n) is 3.45. The van der Waals surface area contributed by atoms with Crippen LogP contribution in [0.2, 0.25) is 0 Å². The molecule has 2 aromatic rings. The van der Waals surface area contributed by atoms with Gasteiger partial charge in [-0.2, -0.15) is 0 Å². The Morgan fingerprint density at radius 3 is 2.18 bits per heavy atom. The van der Waals surface area contributed by atoms with Crippen LogP contribution in [-0.2, 0) is 6.42 Å². The van der Waals surface area contributed by atoms with E-state index in [4.69, 9.17) is 5.73 Å².